The highest BCUT2D eigenvalue weighted by Gasteiger charge is 2.19. The molecule has 0 aliphatic rings. The van der Waals surface area contributed by atoms with Crippen molar-refractivity contribution in [3.63, 3.8) is 0 Å². The van der Waals surface area contributed by atoms with Crippen LogP contribution in [-0.4, -0.2) is 32.9 Å². The average Bonchev–Trinajstić information content (AvgIpc) is 2.28. The maximum atomic E-state index is 11.8. The van der Waals surface area contributed by atoms with Crippen molar-refractivity contribution in [1.82, 2.24) is 0 Å². The molecule has 1 amide bonds. The van der Waals surface area contributed by atoms with Crippen molar-refractivity contribution in [1.29, 1.82) is 0 Å². The Morgan fingerprint density at radius 1 is 1.40 bits per heavy atom. The molecule has 0 aromatic heterocycles. The van der Waals surface area contributed by atoms with E-state index < -0.39 is 21.5 Å². The molecular weight excluding hydrogens is 280 g/mol. The van der Waals surface area contributed by atoms with E-state index in [2.05, 4.69) is 5.32 Å². The summed E-state index contributed by atoms with van der Waals surface area (Å²) < 4.78 is 28.6. The fourth-order valence-electron chi connectivity index (χ4n) is 1.76. The van der Waals surface area contributed by atoms with E-state index in [0.29, 0.717) is 17.1 Å². The molecule has 0 aliphatic heterocycles. The Hall–Kier alpha value is -1.76. The molecule has 0 aliphatic carbocycles. The molecule has 0 atom stereocenters. The summed E-state index contributed by atoms with van der Waals surface area (Å²) >= 11 is 0. The standard InChI is InChI=1S/C13H20N2O4S/c1-9(2)7-20(17,18)8-13(16)15-11-5-4-10(14)6-12(11)19-3/h4-6,9H,7-8,14H2,1-3H3,(H,15,16). The molecule has 1 aromatic carbocycles. The quantitative estimate of drug-likeness (QED) is 0.771. The van der Waals surface area contributed by atoms with Crippen LogP contribution in [0.4, 0.5) is 11.4 Å². The number of benzene rings is 1. The zero-order valence-corrected chi connectivity index (χ0v) is 12.7. The first-order chi connectivity index (χ1) is 9.23. The Morgan fingerprint density at radius 2 is 2.05 bits per heavy atom. The molecule has 0 unspecified atom stereocenters. The largest absolute Gasteiger partial charge is 0.494 e. The van der Waals surface area contributed by atoms with Gasteiger partial charge in [-0.25, -0.2) is 8.42 Å². The van der Waals surface area contributed by atoms with Crippen LogP contribution in [0.2, 0.25) is 0 Å². The minimum Gasteiger partial charge on any atom is -0.494 e. The van der Waals surface area contributed by atoms with E-state index in [-0.39, 0.29) is 11.7 Å². The van der Waals surface area contributed by atoms with Gasteiger partial charge in [-0.2, -0.15) is 0 Å². The summed E-state index contributed by atoms with van der Waals surface area (Å²) in [5, 5.41) is 2.52. The second-order valence-electron chi connectivity index (χ2n) is 4.96. The van der Waals surface area contributed by atoms with E-state index in [0.717, 1.165) is 0 Å². The van der Waals surface area contributed by atoms with Gasteiger partial charge in [0.2, 0.25) is 5.91 Å². The topological polar surface area (TPSA) is 98.5 Å². The highest BCUT2D eigenvalue weighted by Crippen LogP contribution is 2.26. The number of carbonyl (C=O) groups excluding carboxylic acids is 1. The molecule has 1 aromatic rings. The molecule has 1 rings (SSSR count). The Bertz CT molecular complexity index is 582. The molecular formula is C13H20N2O4S. The third kappa shape index (κ3) is 5.08. The number of nitrogen functional groups attached to an aromatic ring is 1. The lowest BCUT2D eigenvalue weighted by molar-refractivity contribution is -0.113. The normalized spacial score (nSPS) is 11.4. The summed E-state index contributed by atoms with van der Waals surface area (Å²) in [6.07, 6.45) is 0. The van der Waals surface area contributed by atoms with Crippen LogP contribution in [0.3, 0.4) is 0 Å². The van der Waals surface area contributed by atoms with Gasteiger partial charge in [0.15, 0.2) is 9.84 Å². The Balaban J connectivity index is 2.77. The Morgan fingerprint density at radius 3 is 2.60 bits per heavy atom. The van der Waals surface area contributed by atoms with Crippen LogP contribution >= 0.6 is 0 Å². The van der Waals surface area contributed by atoms with E-state index in [1.807, 2.05) is 0 Å². The van der Waals surface area contributed by atoms with Gasteiger partial charge in [-0.1, -0.05) is 13.8 Å². The van der Waals surface area contributed by atoms with Crippen LogP contribution in [0.1, 0.15) is 13.8 Å². The van der Waals surface area contributed by atoms with Crippen LogP contribution in [0.25, 0.3) is 0 Å². The first-order valence-corrected chi connectivity index (χ1v) is 7.99. The lowest BCUT2D eigenvalue weighted by Gasteiger charge is -2.11. The van der Waals surface area contributed by atoms with Crippen molar-refractivity contribution < 1.29 is 17.9 Å². The number of anilines is 2. The molecule has 0 spiro atoms. The number of sulfone groups is 1. The smallest absolute Gasteiger partial charge is 0.239 e. The van der Waals surface area contributed by atoms with Crippen molar-refractivity contribution in [2.75, 3.05) is 29.7 Å². The predicted octanol–water partition coefficient (Wildman–Crippen LogP) is 1.29. The molecule has 0 saturated carbocycles. The number of hydrogen-bond donors (Lipinski definition) is 2. The summed E-state index contributed by atoms with van der Waals surface area (Å²) in [4.78, 5) is 11.8. The zero-order chi connectivity index (χ0) is 15.3. The van der Waals surface area contributed by atoms with Crippen molar-refractivity contribution >= 4 is 27.1 Å². The summed E-state index contributed by atoms with van der Waals surface area (Å²) in [7, 11) is -1.96. The molecule has 6 nitrogen and oxygen atoms in total. The Labute approximate surface area is 119 Å². The van der Waals surface area contributed by atoms with Gasteiger partial charge in [0, 0.05) is 11.8 Å². The minimum absolute atomic E-state index is 0.0146. The van der Waals surface area contributed by atoms with E-state index >= 15 is 0 Å². The summed E-state index contributed by atoms with van der Waals surface area (Å²) in [6, 6.07) is 4.72. The number of amides is 1. The van der Waals surface area contributed by atoms with E-state index in [1.54, 1.807) is 32.0 Å². The maximum absolute atomic E-state index is 11.8. The number of rotatable bonds is 6. The van der Waals surface area contributed by atoms with Gasteiger partial charge in [-0.15, -0.1) is 0 Å². The number of ether oxygens (including phenoxy) is 1. The molecule has 0 saturated heterocycles. The SMILES string of the molecule is COc1cc(N)ccc1NC(=O)CS(=O)(=O)CC(C)C. The summed E-state index contributed by atoms with van der Waals surface area (Å²) in [5.41, 5.74) is 6.49. The van der Waals surface area contributed by atoms with Crippen molar-refractivity contribution in [2.24, 2.45) is 5.92 Å². The second kappa shape index (κ2) is 6.60. The molecule has 20 heavy (non-hydrogen) atoms. The Kier molecular flexibility index (Phi) is 5.38. The lowest BCUT2D eigenvalue weighted by Crippen LogP contribution is -2.26. The third-order valence-corrected chi connectivity index (χ3v) is 4.31. The lowest BCUT2D eigenvalue weighted by atomic mass is 10.2. The highest BCUT2D eigenvalue weighted by atomic mass is 32.2. The predicted molar refractivity (Wildman–Crippen MR) is 79.5 cm³/mol. The van der Waals surface area contributed by atoms with Crippen LogP contribution in [0.15, 0.2) is 18.2 Å². The number of methoxy groups -OCH3 is 1. The highest BCUT2D eigenvalue weighted by molar-refractivity contribution is 7.92. The molecule has 0 bridgehead atoms. The van der Waals surface area contributed by atoms with Crippen molar-refractivity contribution in [2.45, 2.75) is 13.8 Å². The number of nitrogens with one attached hydrogen (secondary N) is 1. The van der Waals surface area contributed by atoms with Crippen LogP contribution in [0.5, 0.6) is 5.75 Å². The average molecular weight is 300 g/mol. The zero-order valence-electron chi connectivity index (χ0n) is 11.8. The fraction of sp³-hybridized carbons (Fsp3) is 0.462. The van der Waals surface area contributed by atoms with Crippen LogP contribution in [-0.2, 0) is 14.6 Å². The van der Waals surface area contributed by atoms with Gasteiger partial charge in [-0.05, 0) is 18.1 Å². The van der Waals surface area contributed by atoms with Crippen LogP contribution < -0.4 is 15.8 Å². The fourth-order valence-corrected chi connectivity index (χ4v) is 3.37. The molecule has 0 radical (unpaired) electrons. The molecule has 0 heterocycles. The number of hydrogen-bond acceptors (Lipinski definition) is 5. The van der Waals surface area contributed by atoms with Crippen molar-refractivity contribution in [3.8, 4) is 5.75 Å². The molecule has 112 valence electrons. The van der Waals surface area contributed by atoms with Gasteiger partial charge in [0.1, 0.15) is 11.5 Å². The molecule has 7 heteroatoms. The van der Waals surface area contributed by atoms with Gasteiger partial charge in [-0.3, -0.25) is 4.79 Å². The van der Waals surface area contributed by atoms with Crippen LogP contribution in [0, 0.1) is 5.92 Å². The third-order valence-electron chi connectivity index (χ3n) is 2.44. The van der Waals surface area contributed by atoms with Gasteiger partial charge < -0.3 is 15.8 Å². The van der Waals surface area contributed by atoms with E-state index in [9.17, 15) is 13.2 Å². The number of nitrogens with two attached hydrogens (primary N) is 1. The first kappa shape index (κ1) is 16.3. The second-order valence-corrected chi connectivity index (χ2v) is 7.07. The van der Waals surface area contributed by atoms with Gasteiger partial charge in [0.05, 0.1) is 18.6 Å². The minimum atomic E-state index is -3.41. The van der Waals surface area contributed by atoms with Crippen molar-refractivity contribution in [3.05, 3.63) is 18.2 Å². The number of carbonyl (C=O) groups is 1. The first-order valence-electron chi connectivity index (χ1n) is 6.17. The molecule has 3 N–H and O–H groups in total. The van der Waals surface area contributed by atoms with E-state index in [1.165, 1.54) is 7.11 Å². The molecule has 0 fully saturated rings. The van der Waals surface area contributed by atoms with Gasteiger partial charge >= 0.3 is 0 Å². The van der Waals surface area contributed by atoms with E-state index in [4.69, 9.17) is 10.5 Å². The van der Waals surface area contributed by atoms with Gasteiger partial charge in [0.25, 0.3) is 0 Å². The summed E-state index contributed by atoms with van der Waals surface area (Å²) in [5.74, 6) is -0.773. The maximum Gasteiger partial charge on any atom is 0.239 e. The monoisotopic (exact) mass is 300 g/mol. The summed E-state index contributed by atoms with van der Waals surface area (Å²) in [6.45, 7) is 3.58.